The van der Waals surface area contributed by atoms with E-state index in [1.807, 2.05) is 12.3 Å². The van der Waals surface area contributed by atoms with Crippen LogP contribution >= 0.6 is 0 Å². The van der Waals surface area contributed by atoms with Gasteiger partial charge in [-0.3, -0.25) is 4.79 Å². The number of aromatic nitrogens is 1. The average molecular weight is 295 g/mol. The lowest BCUT2D eigenvalue weighted by molar-refractivity contribution is -0.147. The molecule has 22 heavy (non-hydrogen) atoms. The Labute approximate surface area is 128 Å². The summed E-state index contributed by atoms with van der Waals surface area (Å²) in [6.07, 6.45) is 5.93. The number of likely N-dealkylation sites (tertiary alicyclic amines) is 1. The molecule has 1 N–H and O–H groups in total. The predicted octanol–water partition coefficient (Wildman–Crippen LogP) is 2.15. The summed E-state index contributed by atoms with van der Waals surface area (Å²) < 4.78 is 4.91. The summed E-state index contributed by atoms with van der Waals surface area (Å²) in [4.78, 5) is 17.1. The molecular weight excluding hydrogens is 278 g/mol. The maximum Gasteiger partial charge on any atom is 0.310 e. The average Bonchev–Trinajstić information content (AvgIpc) is 2.98. The molecule has 3 atom stereocenters. The van der Waals surface area contributed by atoms with E-state index in [1.54, 1.807) is 4.90 Å². The van der Waals surface area contributed by atoms with E-state index >= 15 is 0 Å². The van der Waals surface area contributed by atoms with Gasteiger partial charge in [0.2, 0.25) is 0 Å². The van der Waals surface area contributed by atoms with Gasteiger partial charge >= 0.3 is 5.97 Å². The largest absolute Gasteiger partial charge is 0.469 e. The van der Waals surface area contributed by atoms with Gasteiger partial charge in [-0.2, -0.15) is 5.26 Å². The number of aromatic amines is 1. The van der Waals surface area contributed by atoms with Crippen LogP contribution in [0.1, 0.15) is 23.5 Å². The molecule has 2 aliphatic rings. The van der Waals surface area contributed by atoms with E-state index in [1.165, 1.54) is 23.6 Å². The van der Waals surface area contributed by atoms with Gasteiger partial charge in [-0.15, -0.1) is 0 Å². The molecule has 1 aromatic carbocycles. The summed E-state index contributed by atoms with van der Waals surface area (Å²) in [6, 6.07) is 6.38. The number of esters is 1. The zero-order chi connectivity index (χ0) is 15.3. The van der Waals surface area contributed by atoms with Gasteiger partial charge in [-0.05, 0) is 30.0 Å². The molecule has 112 valence electrons. The lowest BCUT2D eigenvalue weighted by atomic mass is 9.72. The van der Waals surface area contributed by atoms with Crippen molar-refractivity contribution in [2.45, 2.75) is 24.8 Å². The number of rotatable bonds is 1. The highest BCUT2D eigenvalue weighted by Gasteiger charge is 2.43. The quantitative estimate of drug-likeness (QED) is 0.646. The zero-order valence-electron chi connectivity index (χ0n) is 12.4. The van der Waals surface area contributed by atoms with Gasteiger partial charge < -0.3 is 14.6 Å². The van der Waals surface area contributed by atoms with Crippen molar-refractivity contribution in [3.63, 3.8) is 0 Å². The first kappa shape index (κ1) is 13.2. The molecule has 4 rings (SSSR count). The number of carbonyl (C=O) groups excluding carboxylic acids is 1. The second-order valence-corrected chi connectivity index (χ2v) is 6.17. The van der Waals surface area contributed by atoms with Gasteiger partial charge in [0.15, 0.2) is 6.19 Å². The lowest BCUT2D eigenvalue weighted by Crippen LogP contribution is -2.49. The van der Waals surface area contributed by atoms with Crippen molar-refractivity contribution < 1.29 is 9.53 Å². The van der Waals surface area contributed by atoms with Gasteiger partial charge in [0.25, 0.3) is 0 Å². The SMILES string of the molecule is COC(=O)[C@@H]1CC2c3cccc4[nH]cc(c34)C[C@H]2N(C#N)C1. The van der Waals surface area contributed by atoms with Crippen molar-refractivity contribution in [1.29, 1.82) is 5.26 Å². The summed E-state index contributed by atoms with van der Waals surface area (Å²) >= 11 is 0. The first-order valence-electron chi connectivity index (χ1n) is 7.56. The molecule has 2 heterocycles. The summed E-state index contributed by atoms with van der Waals surface area (Å²) in [5.74, 6) is -0.253. The molecule has 0 spiro atoms. The molecule has 1 unspecified atom stereocenters. The number of carbonyl (C=O) groups is 1. The lowest BCUT2D eigenvalue weighted by Gasteiger charge is -2.43. The fraction of sp³-hybridized carbons (Fsp3) is 0.412. The van der Waals surface area contributed by atoms with Crippen molar-refractivity contribution in [2.75, 3.05) is 13.7 Å². The third kappa shape index (κ3) is 1.73. The number of nitrogens with one attached hydrogen (secondary N) is 1. The summed E-state index contributed by atoms with van der Waals surface area (Å²) in [5.41, 5.74) is 3.65. The Bertz CT molecular complexity index is 789. The van der Waals surface area contributed by atoms with Crippen molar-refractivity contribution >= 4 is 16.9 Å². The van der Waals surface area contributed by atoms with Gasteiger partial charge in [-0.25, -0.2) is 0 Å². The summed E-state index contributed by atoms with van der Waals surface area (Å²) in [5, 5.41) is 10.8. The Balaban J connectivity index is 1.82. The second kappa shape index (κ2) is 4.77. The Kier molecular flexibility index (Phi) is 2.86. The Morgan fingerprint density at radius 1 is 1.50 bits per heavy atom. The van der Waals surface area contributed by atoms with Crippen LogP contribution in [-0.2, 0) is 16.0 Å². The second-order valence-electron chi connectivity index (χ2n) is 6.17. The molecular formula is C17H17N3O2. The van der Waals surface area contributed by atoms with Crippen molar-refractivity contribution in [1.82, 2.24) is 9.88 Å². The van der Waals surface area contributed by atoms with Crippen molar-refractivity contribution in [3.8, 4) is 6.19 Å². The standard InChI is InChI=1S/C17H17N3O2/c1-22-17(21)11-5-13-12-3-2-4-14-16(12)10(7-19-14)6-15(13)20(8-11)9-18/h2-4,7,11,13,15,19H,5-6,8H2,1H3/t11-,13?,15-/m1/s1. The maximum atomic E-state index is 12.0. The first-order chi connectivity index (χ1) is 10.7. The van der Waals surface area contributed by atoms with Crippen LogP contribution in [0.5, 0.6) is 0 Å². The third-order valence-electron chi connectivity index (χ3n) is 5.13. The fourth-order valence-electron chi connectivity index (χ4n) is 4.15. The number of methoxy groups -OCH3 is 1. The number of nitriles is 1. The highest BCUT2D eigenvalue weighted by molar-refractivity contribution is 5.88. The van der Waals surface area contributed by atoms with E-state index in [-0.39, 0.29) is 23.8 Å². The van der Waals surface area contributed by atoms with Gasteiger partial charge in [0.05, 0.1) is 19.1 Å². The summed E-state index contributed by atoms with van der Waals surface area (Å²) in [6.45, 7) is 0.458. The van der Waals surface area contributed by atoms with E-state index in [2.05, 4.69) is 23.3 Å². The minimum absolute atomic E-state index is 0.139. The normalized spacial score (nSPS) is 26.4. The van der Waals surface area contributed by atoms with E-state index in [0.29, 0.717) is 6.54 Å². The molecule has 1 aliphatic carbocycles. The van der Waals surface area contributed by atoms with Gasteiger partial charge in [0, 0.05) is 29.6 Å². The first-order valence-corrected chi connectivity index (χ1v) is 7.56. The van der Waals surface area contributed by atoms with Gasteiger partial charge in [0.1, 0.15) is 0 Å². The molecule has 0 bridgehead atoms. The van der Waals surface area contributed by atoms with Crippen LogP contribution in [0.3, 0.4) is 0 Å². The van der Waals surface area contributed by atoms with Crippen LogP contribution < -0.4 is 0 Å². The number of nitrogens with zero attached hydrogens (tertiary/aromatic N) is 2. The van der Waals surface area contributed by atoms with Gasteiger partial charge in [-0.1, -0.05) is 12.1 Å². The van der Waals surface area contributed by atoms with Crippen LogP contribution in [0.4, 0.5) is 0 Å². The van der Waals surface area contributed by atoms with E-state index < -0.39 is 0 Å². The smallest absolute Gasteiger partial charge is 0.310 e. The van der Waals surface area contributed by atoms with E-state index in [4.69, 9.17) is 4.74 Å². The van der Waals surface area contributed by atoms with Crippen molar-refractivity contribution in [2.24, 2.45) is 5.92 Å². The maximum absolute atomic E-state index is 12.0. The highest BCUT2D eigenvalue weighted by atomic mass is 16.5. The number of ether oxygens (including phenoxy) is 1. The number of hydrogen-bond acceptors (Lipinski definition) is 4. The summed E-state index contributed by atoms with van der Waals surface area (Å²) in [7, 11) is 1.41. The molecule has 0 radical (unpaired) electrons. The molecule has 0 saturated carbocycles. The molecule has 1 saturated heterocycles. The topological polar surface area (TPSA) is 69.1 Å². The molecule has 0 amide bonds. The predicted molar refractivity (Wildman–Crippen MR) is 81.0 cm³/mol. The molecule has 5 heteroatoms. The van der Waals surface area contributed by atoms with Crippen LogP contribution in [0, 0.1) is 17.4 Å². The number of fused-ring (bicyclic) bond motifs is 2. The Morgan fingerprint density at radius 3 is 3.14 bits per heavy atom. The number of H-pyrrole nitrogens is 1. The molecule has 1 aromatic heterocycles. The minimum atomic E-state index is -0.235. The Morgan fingerprint density at radius 2 is 2.36 bits per heavy atom. The van der Waals surface area contributed by atoms with E-state index in [9.17, 15) is 10.1 Å². The fourth-order valence-corrected chi connectivity index (χ4v) is 4.15. The molecule has 1 aliphatic heterocycles. The molecule has 1 fully saturated rings. The van der Waals surface area contributed by atoms with E-state index in [0.717, 1.165) is 18.4 Å². The van der Waals surface area contributed by atoms with Crippen LogP contribution in [0.25, 0.3) is 10.9 Å². The molecule has 2 aromatic rings. The number of benzene rings is 1. The van der Waals surface area contributed by atoms with Crippen LogP contribution in [0.2, 0.25) is 0 Å². The number of piperidine rings is 1. The molecule has 5 nitrogen and oxygen atoms in total. The van der Waals surface area contributed by atoms with Crippen LogP contribution in [0.15, 0.2) is 24.4 Å². The third-order valence-corrected chi connectivity index (χ3v) is 5.13. The monoisotopic (exact) mass is 295 g/mol. The minimum Gasteiger partial charge on any atom is -0.469 e. The zero-order valence-corrected chi connectivity index (χ0v) is 12.4. The highest BCUT2D eigenvalue weighted by Crippen LogP contribution is 2.44. The van der Waals surface area contributed by atoms with Crippen molar-refractivity contribution in [3.05, 3.63) is 35.5 Å². The Hall–Kier alpha value is -2.48. The van der Waals surface area contributed by atoms with Crippen LogP contribution in [-0.4, -0.2) is 35.5 Å². The number of hydrogen-bond donors (Lipinski definition) is 1.